The van der Waals surface area contributed by atoms with Crippen molar-refractivity contribution in [3.8, 4) is 0 Å². The van der Waals surface area contributed by atoms with Crippen molar-refractivity contribution >= 4 is 46.2 Å². The summed E-state index contributed by atoms with van der Waals surface area (Å²) >= 11 is 12.9. The fourth-order valence-electron chi connectivity index (χ4n) is 4.99. The molecule has 2 N–H and O–H groups in total. The first kappa shape index (κ1) is 30.6. The van der Waals surface area contributed by atoms with Crippen LogP contribution in [0.4, 0.5) is 11.4 Å². The summed E-state index contributed by atoms with van der Waals surface area (Å²) in [6, 6.07) is 15.1. The van der Waals surface area contributed by atoms with Crippen LogP contribution in [0, 0.1) is 0 Å². The van der Waals surface area contributed by atoms with Gasteiger partial charge < -0.3 is 15.5 Å². The number of benzene rings is 2. The standard InChI is InChI=1S/C33H40Cl2N6/c1-5-9-31(35)39-32(10-6-2)41-17-15-40(16-18-41)23-27-19-26-14-13-25-11-8-12-28(20-25)36-24(4)37-33(30(34)7-3)38-29(21-26)22-27/h6-12,19-22,36H,4-5,13-18,23H2,1-3H3,(H,37,38)/b10-6-,30-7+,31-9+,39-32+. The molecule has 0 radical (unpaired) electrons. The highest BCUT2D eigenvalue weighted by Crippen LogP contribution is 2.23. The number of anilines is 2. The third kappa shape index (κ3) is 9.09. The fourth-order valence-corrected chi connectivity index (χ4v) is 5.32. The summed E-state index contributed by atoms with van der Waals surface area (Å²) in [5, 5.41) is 7.84. The van der Waals surface area contributed by atoms with E-state index in [1.54, 1.807) is 0 Å². The summed E-state index contributed by atoms with van der Waals surface area (Å²) in [4.78, 5) is 14.1. The Balaban J connectivity index is 1.55. The van der Waals surface area contributed by atoms with Gasteiger partial charge in [0.15, 0.2) is 5.84 Å². The van der Waals surface area contributed by atoms with Crippen LogP contribution in [0.1, 0.15) is 43.9 Å². The van der Waals surface area contributed by atoms with Gasteiger partial charge in [-0.3, -0.25) is 4.90 Å². The zero-order chi connectivity index (χ0) is 29.2. The second kappa shape index (κ2) is 15.1. The number of hydrogen-bond donors (Lipinski definition) is 2. The molecule has 0 unspecified atom stereocenters. The van der Waals surface area contributed by atoms with E-state index in [1.807, 2.05) is 44.2 Å². The molecule has 1 fully saturated rings. The summed E-state index contributed by atoms with van der Waals surface area (Å²) in [5.41, 5.74) is 5.72. The first-order valence-corrected chi connectivity index (χ1v) is 15.0. The Labute approximate surface area is 254 Å². The third-order valence-electron chi connectivity index (χ3n) is 6.97. The molecule has 0 aliphatic carbocycles. The number of nitrogens with one attached hydrogen (secondary N) is 2. The van der Waals surface area contributed by atoms with Gasteiger partial charge in [0.2, 0.25) is 0 Å². The van der Waals surface area contributed by atoms with Crippen molar-refractivity contribution in [1.29, 1.82) is 0 Å². The zero-order valence-electron chi connectivity index (χ0n) is 24.3. The van der Waals surface area contributed by atoms with Gasteiger partial charge >= 0.3 is 0 Å². The second-order valence-corrected chi connectivity index (χ2v) is 11.0. The van der Waals surface area contributed by atoms with Crippen molar-refractivity contribution in [2.45, 2.75) is 46.6 Å². The summed E-state index contributed by atoms with van der Waals surface area (Å²) in [6.07, 6.45) is 10.6. The summed E-state index contributed by atoms with van der Waals surface area (Å²) in [5.74, 6) is 2.00. The lowest BCUT2D eigenvalue weighted by Gasteiger charge is -2.36. The highest BCUT2D eigenvalue weighted by atomic mass is 35.5. The Morgan fingerprint density at radius 2 is 1.76 bits per heavy atom. The van der Waals surface area contributed by atoms with Crippen molar-refractivity contribution in [2.75, 3.05) is 36.8 Å². The van der Waals surface area contributed by atoms with Crippen LogP contribution in [0.15, 0.2) is 99.3 Å². The number of aryl methyl sites for hydroxylation is 2. The average molecular weight is 592 g/mol. The van der Waals surface area contributed by atoms with Crippen LogP contribution in [0.25, 0.3) is 0 Å². The lowest BCUT2D eigenvalue weighted by molar-refractivity contribution is 0.176. The first-order chi connectivity index (χ1) is 19.9. The molecule has 6 nitrogen and oxygen atoms in total. The minimum Gasteiger partial charge on any atom is -0.354 e. The lowest BCUT2D eigenvalue weighted by Crippen LogP contribution is -2.47. The molecule has 2 aromatic carbocycles. The first-order valence-electron chi connectivity index (χ1n) is 14.3. The number of rotatable bonds is 6. The van der Waals surface area contributed by atoms with E-state index in [0.717, 1.165) is 69.2 Å². The van der Waals surface area contributed by atoms with Crippen molar-refractivity contribution in [3.63, 3.8) is 0 Å². The van der Waals surface area contributed by atoms with E-state index >= 15 is 0 Å². The Morgan fingerprint density at radius 1 is 1.00 bits per heavy atom. The van der Waals surface area contributed by atoms with Gasteiger partial charge in [-0.25, -0.2) is 9.98 Å². The molecular formula is C33H40Cl2N6. The highest BCUT2D eigenvalue weighted by Gasteiger charge is 2.20. The van der Waals surface area contributed by atoms with Crippen LogP contribution in [-0.4, -0.2) is 47.7 Å². The van der Waals surface area contributed by atoms with Gasteiger partial charge in [0.05, 0.1) is 5.03 Å². The number of amidine groups is 2. The Hall–Kier alpha value is -3.32. The predicted octanol–water partition coefficient (Wildman–Crippen LogP) is 7.90. The molecule has 0 saturated carbocycles. The van der Waals surface area contributed by atoms with E-state index in [2.05, 4.69) is 80.3 Å². The van der Waals surface area contributed by atoms with E-state index in [1.165, 1.54) is 16.7 Å². The van der Waals surface area contributed by atoms with Gasteiger partial charge in [0.1, 0.15) is 16.8 Å². The molecule has 0 spiro atoms. The van der Waals surface area contributed by atoms with Crippen LogP contribution in [-0.2, 0) is 19.4 Å². The van der Waals surface area contributed by atoms with E-state index in [0.29, 0.717) is 21.8 Å². The van der Waals surface area contributed by atoms with Gasteiger partial charge in [-0.1, -0.05) is 67.1 Å². The van der Waals surface area contributed by atoms with E-state index in [9.17, 15) is 0 Å². The van der Waals surface area contributed by atoms with E-state index < -0.39 is 0 Å². The van der Waals surface area contributed by atoms with E-state index in [-0.39, 0.29) is 0 Å². The summed E-state index contributed by atoms with van der Waals surface area (Å²) < 4.78 is 0. The van der Waals surface area contributed by atoms with Crippen LogP contribution < -0.4 is 10.6 Å². The number of hydrogen-bond acceptors (Lipinski definition) is 5. The van der Waals surface area contributed by atoms with Gasteiger partial charge in [-0.15, -0.1) is 0 Å². The number of nitrogens with zero attached hydrogens (tertiary/aromatic N) is 4. The third-order valence-corrected chi connectivity index (χ3v) is 7.61. The number of aliphatic imine (C=N–C) groups is 2. The Kier molecular flexibility index (Phi) is 11.3. The molecule has 2 aliphatic heterocycles. The highest BCUT2D eigenvalue weighted by molar-refractivity contribution is 6.45. The maximum absolute atomic E-state index is 6.58. The smallest absolute Gasteiger partial charge is 0.151 e. The molecule has 2 aromatic rings. The molecule has 8 heteroatoms. The molecule has 216 valence electrons. The number of allylic oxidation sites excluding steroid dienone is 3. The molecule has 4 bridgehead atoms. The monoisotopic (exact) mass is 590 g/mol. The Morgan fingerprint density at radius 3 is 2.49 bits per heavy atom. The zero-order valence-corrected chi connectivity index (χ0v) is 25.8. The van der Waals surface area contributed by atoms with Crippen molar-refractivity contribution in [1.82, 2.24) is 9.80 Å². The average Bonchev–Trinajstić information content (AvgIpc) is 2.96. The SMILES string of the molecule is C=C1/N=C(\C(Cl)=C/C)Nc2cc(cc(CN3CCN(C(/C=C\C)=N/C(Cl)=C/CC)CC3)c2)CCc2cccc(c2)N1. The largest absolute Gasteiger partial charge is 0.354 e. The molecule has 1 saturated heterocycles. The van der Waals surface area contributed by atoms with Crippen LogP contribution in [0.3, 0.4) is 0 Å². The number of halogens is 2. The number of piperazine rings is 1. The molecule has 2 aliphatic rings. The molecule has 0 amide bonds. The van der Waals surface area contributed by atoms with Crippen LogP contribution >= 0.6 is 23.2 Å². The lowest BCUT2D eigenvalue weighted by atomic mass is 10.0. The van der Waals surface area contributed by atoms with Gasteiger partial charge in [0.25, 0.3) is 0 Å². The normalized spacial score (nSPS) is 19.0. The van der Waals surface area contributed by atoms with Crippen LogP contribution in [0.5, 0.6) is 0 Å². The molecule has 4 rings (SSSR count). The fraction of sp³-hybridized carbons (Fsp3) is 0.333. The van der Waals surface area contributed by atoms with Crippen molar-refractivity contribution in [2.24, 2.45) is 9.98 Å². The van der Waals surface area contributed by atoms with Gasteiger partial charge in [-0.05, 0) is 86.2 Å². The molecular weight excluding hydrogens is 551 g/mol. The molecule has 41 heavy (non-hydrogen) atoms. The summed E-state index contributed by atoms with van der Waals surface area (Å²) in [6.45, 7) is 14.6. The van der Waals surface area contributed by atoms with E-state index in [4.69, 9.17) is 23.2 Å². The maximum atomic E-state index is 6.58. The quantitative estimate of drug-likeness (QED) is 0.204. The van der Waals surface area contributed by atoms with Gasteiger partial charge in [0, 0.05) is 44.1 Å². The molecule has 2 heterocycles. The topological polar surface area (TPSA) is 55.3 Å². The van der Waals surface area contributed by atoms with Crippen LogP contribution in [0.2, 0.25) is 0 Å². The summed E-state index contributed by atoms with van der Waals surface area (Å²) in [7, 11) is 0. The minimum absolute atomic E-state index is 0.519. The van der Waals surface area contributed by atoms with Gasteiger partial charge in [-0.2, -0.15) is 0 Å². The number of fused-ring (bicyclic) bond motifs is 4. The molecule has 0 aromatic heterocycles. The predicted molar refractivity (Wildman–Crippen MR) is 177 cm³/mol. The Bertz CT molecular complexity index is 1380. The maximum Gasteiger partial charge on any atom is 0.151 e. The second-order valence-electron chi connectivity index (χ2n) is 10.2. The van der Waals surface area contributed by atoms with Crippen molar-refractivity contribution < 1.29 is 0 Å². The van der Waals surface area contributed by atoms with Crippen molar-refractivity contribution in [3.05, 3.63) is 106 Å². The molecule has 0 atom stereocenters. The minimum atomic E-state index is 0.519.